The summed E-state index contributed by atoms with van der Waals surface area (Å²) in [4.78, 5) is 68.3. The highest BCUT2D eigenvalue weighted by atomic mass is 16.6. The van der Waals surface area contributed by atoms with Gasteiger partial charge in [-0.15, -0.1) is 0 Å². The second-order valence-electron chi connectivity index (χ2n) is 13.2. The topological polar surface area (TPSA) is 140 Å². The molecule has 0 aliphatic carbocycles. The molecule has 3 atom stereocenters. The molecule has 4 aliphatic heterocycles. The van der Waals surface area contributed by atoms with E-state index in [0.29, 0.717) is 37.1 Å². The SMILES string of the molecule is CC(C)(C)OC(=O)C1=C(/C=C2\CCN(Cc3ccc([N+](=O)[O-])cc3)C2=O)C[C@@H]2CN(C(=O)OC(C)(C)C)[C@@H]3C(=O)N1[C@H]23. The van der Waals surface area contributed by atoms with Crippen molar-refractivity contribution in [2.45, 2.75) is 84.2 Å². The molecule has 3 fully saturated rings. The lowest BCUT2D eigenvalue weighted by molar-refractivity contribution is -0.384. The van der Waals surface area contributed by atoms with Gasteiger partial charge in [-0.25, -0.2) is 9.59 Å². The molecule has 4 heterocycles. The van der Waals surface area contributed by atoms with E-state index in [2.05, 4.69) is 0 Å². The Kier molecular flexibility index (Phi) is 7.14. The van der Waals surface area contributed by atoms with Gasteiger partial charge in [0.1, 0.15) is 22.9 Å². The quantitative estimate of drug-likeness (QED) is 0.169. The molecular formula is C30H36N4O8. The summed E-state index contributed by atoms with van der Waals surface area (Å²) in [5, 5.41) is 11.0. The lowest BCUT2D eigenvalue weighted by Gasteiger charge is -2.50. The summed E-state index contributed by atoms with van der Waals surface area (Å²) >= 11 is 0. The molecular weight excluding hydrogens is 544 g/mol. The van der Waals surface area contributed by atoms with E-state index >= 15 is 0 Å². The average molecular weight is 581 g/mol. The largest absolute Gasteiger partial charge is 0.455 e. The highest BCUT2D eigenvalue weighted by molar-refractivity contribution is 6.03. The molecule has 224 valence electrons. The minimum atomic E-state index is -0.810. The number of amides is 3. The molecule has 1 aromatic carbocycles. The number of hydrogen-bond acceptors (Lipinski definition) is 8. The van der Waals surface area contributed by atoms with Crippen LogP contribution in [-0.2, 0) is 30.4 Å². The van der Waals surface area contributed by atoms with Crippen LogP contribution in [0.2, 0.25) is 0 Å². The van der Waals surface area contributed by atoms with Gasteiger partial charge in [0.05, 0.1) is 11.0 Å². The third-order valence-corrected chi connectivity index (χ3v) is 7.69. The van der Waals surface area contributed by atoms with Crippen LogP contribution >= 0.6 is 0 Å². The first-order chi connectivity index (χ1) is 19.5. The zero-order chi connectivity index (χ0) is 30.7. The van der Waals surface area contributed by atoms with Crippen molar-refractivity contribution in [3.05, 3.63) is 62.9 Å². The van der Waals surface area contributed by atoms with Crippen molar-refractivity contribution in [1.82, 2.24) is 14.7 Å². The van der Waals surface area contributed by atoms with Gasteiger partial charge in [-0.05, 0) is 71.6 Å². The van der Waals surface area contributed by atoms with Crippen LogP contribution in [0.3, 0.4) is 0 Å². The lowest BCUT2D eigenvalue weighted by Crippen LogP contribution is -2.69. The molecule has 1 aromatic rings. The van der Waals surface area contributed by atoms with Gasteiger partial charge >= 0.3 is 12.1 Å². The molecule has 42 heavy (non-hydrogen) atoms. The first-order valence-corrected chi connectivity index (χ1v) is 14.1. The van der Waals surface area contributed by atoms with E-state index in [1.165, 1.54) is 21.9 Å². The van der Waals surface area contributed by atoms with E-state index in [4.69, 9.17) is 9.47 Å². The Balaban J connectivity index is 1.42. The maximum Gasteiger partial charge on any atom is 0.411 e. The number of esters is 1. The van der Waals surface area contributed by atoms with Gasteiger partial charge in [0.15, 0.2) is 0 Å². The Bertz CT molecular complexity index is 1420. The molecule has 0 bridgehead atoms. The Labute approximate surface area is 244 Å². The number of nitro benzene ring substituents is 1. The number of carbonyl (C=O) groups is 4. The van der Waals surface area contributed by atoms with Crippen LogP contribution in [0.1, 0.15) is 59.9 Å². The van der Waals surface area contributed by atoms with Gasteiger partial charge in [-0.3, -0.25) is 29.5 Å². The van der Waals surface area contributed by atoms with E-state index in [0.717, 1.165) is 5.56 Å². The van der Waals surface area contributed by atoms with Crippen LogP contribution < -0.4 is 0 Å². The number of likely N-dealkylation sites (tertiary alicyclic amines) is 2. The maximum absolute atomic E-state index is 13.5. The van der Waals surface area contributed by atoms with E-state index in [1.807, 2.05) is 0 Å². The second-order valence-corrected chi connectivity index (χ2v) is 13.2. The number of rotatable bonds is 5. The molecule has 3 saturated heterocycles. The van der Waals surface area contributed by atoms with Crippen molar-refractivity contribution in [3.8, 4) is 0 Å². The molecule has 0 saturated carbocycles. The number of benzene rings is 1. The summed E-state index contributed by atoms with van der Waals surface area (Å²) in [5.41, 5.74) is 0.347. The Morgan fingerprint density at radius 1 is 1.05 bits per heavy atom. The molecule has 12 heteroatoms. The normalized spacial score (nSPS) is 24.7. The molecule has 12 nitrogen and oxygen atoms in total. The zero-order valence-corrected chi connectivity index (χ0v) is 24.7. The minimum absolute atomic E-state index is 0.0239. The molecule has 4 aliphatic rings. The number of hydrogen-bond donors (Lipinski definition) is 0. The Morgan fingerprint density at radius 2 is 1.69 bits per heavy atom. The number of ether oxygens (including phenoxy) is 2. The highest BCUT2D eigenvalue weighted by Gasteiger charge is 2.64. The van der Waals surface area contributed by atoms with Gasteiger partial charge in [0.2, 0.25) is 5.91 Å². The highest BCUT2D eigenvalue weighted by Crippen LogP contribution is 2.48. The summed E-state index contributed by atoms with van der Waals surface area (Å²) in [6.45, 7) is 11.5. The summed E-state index contributed by atoms with van der Waals surface area (Å²) in [6, 6.07) is 4.99. The van der Waals surface area contributed by atoms with E-state index in [1.54, 1.807) is 64.7 Å². The molecule has 0 spiro atoms. The standard InChI is InChI=1S/C30H36N4O8/c1-29(2,3)41-27(37)23-19(13-18-11-12-31(25(18)35)15-17-7-9-21(10-8-17)34(39)40)14-20-16-32(28(38)42-30(4,5)6)24-22(20)33(23)26(24)36/h7-10,13,20,22,24H,11-12,14-16H2,1-6H3/b18-13+/t20-,22-,24+/m1/s1. The van der Waals surface area contributed by atoms with Crippen molar-refractivity contribution < 1.29 is 33.6 Å². The van der Waals surface area contributed by atoms with Crippen molar-refractivity contribution in [3.63, 3.8) is 0 Å². The van der Waals surface area contributed by atoms with Gasteiger partial charge in [-0.2, -0.15) is 0 Å². The smallest absolute Gasteiger partial charge is 0.411 e. The first-order valence-electron chi connectivity index (χ1n) is 14.1. The minimum Gasteiger partial charge on any atom is -0.455 e. The number of β-lactam (4-membered cyclic amide) rings is 1. The second kappa shape index (κ2) is 10.2. The Hall–Kier alpha value is -4.22. The van der Waals surface area contributed by atoms with Crippen LogP contribution in [-0.4, -0.2) is 79.9 Å². The fourth-order valence-corrected chi connectivity index (χ4v) is 6.03. The number of non-ortho nitro benzene ring substituents is 1. The molecule has 5 rings (SSSR count). The fourth-order valence-electron chi connectivity index (χ4n) is 6.03. The molecule has 3 amide bonds. The van der Waals surface area contributed by atoms with Gasteiger partial charge < -0.3 is 14.4 Å². The molecule has 0 radical (unpaired) electrons. The van der Waals surface area contributed by atoms with E-state index < -0.39 is 34.2 Å². The molecule has 0 unspecified atom stereocenters. The third-order valence-electron chi connectivity index (χ3n) is 7.69. The summed E-state index contributed by atoms with van der Waals surface area (Å²) in [6.07, 6.45) is 1.95. The van der Waals surface area contributed by atoms with Crippen LogP contribution in [0.5, 0.6) is 0 Å². The lowest BCUT2D eigenvalue weighted by atomic mass is 9.79. The summed E-state index contributed by atoms with van der Waals surface area (Å²) in [5.74, 6) is -1.36. The summed E-state index contributed by atoms with van der Waals surface area (Å²) < 4.78 is 11.2. The van der Waals surface area contributed by atoms with E-state index in [-0.39, 0.29) is 41.7 Å². The predicted molar refractivity (Wildman–Crippen MR) is 150 cm³/mol. The maximum atomic E-state index is 13.5. The third kappa shape index (κ3) is 5.49. The van der Waals surface area contributed by atoms with Crippen molar-refractivity contribution in [1.29, 1.82) is 0 Å². The first kappa shape index (κ1) is 29.3. The van der Waals surface area contributed by atoms with Crippen LogP contribution in [0, 0.1) is 16.0 Å². The van der Waals surface area contributed by atoms with Crippen LogP contribution in [0.15, 0.2) is 47.2 Å². The molecule has 0 N–H and O–H groups in total. The average Bonchev–Trinajstić information content (AvgIpc) is 3.40. The van der Waals surface area contributed by atoms with Gasteiger partial charge in [0, 0.05) is 43.3 Å². The predicted octanol–water partition coefficient (Wildman–Crippen LogP) is 3.70. The zero-order valence-electron chi connectivity index (χ0n) is 24.7. The van der Waals surface area contributed by atoms with E-state index in [9.17, 15) is 29.3 Å². The van der Waals surface area contributed by atoms with Crippen molar-refractivity contribution in [2.75, 3.05) is 13.1 Å². The van der Waals surface area contributed by atoms with Gasteiger partial charge in [0.25, 0.3) is 11.6 Å². The monoisotopic (exact) mass is 580 g/mol. The summed E-state index contributed by atoms with van der Waals surface area (Å²) in [7, 11) is 0. The molecule has 0 aromatic heterocycles. The van der Waals surface area contributed by atoms with Gasteiger partial charge in [-0.1, -0.05) is 12.1 Å². The number of nitrogens with zero attached hydrogens (tertiary/aromatic N) is 4. The number of carbonyl (C=O) groups excluding carboxylic acids is 4. The van der Waals surface area contributed by atoms with Crippen LogP contribution in [0.25, 0.3) is 0 Å². The Morgan fingerprint density at radius 3 is 2.29 bits per heavy atom. The van der Waals surface area contributed by atoms with Crippen LogP contribution in [0.4, 0.5) is 10.5 Å². The number of allylic oxidation sites excluding steroid dienone is 2. The number of nitro groups is 1. The van der Waals surface area contributed by atoms with Crippen molar-refractivity contribution >= 4 is 29.6 Å². The fraction of sp³-hybridized carbons (Fsp3) is 0.533. The van der Waals surface area contributed by atoms with Crippen molar-refractivity contribution in [2.24, 2.45) is 5.92 Å².